The van der Waals surface area contributed by atoms with Crippen molar-refractivity contribution in [3.05, 3.63) is 17.3 Å². The molecule has 1 saturated heterocycles. The molecule has 3 heterocycles. The lowest BCUT2D eigenvalue weighted by Gasteiger charge is -2.38. The van der Waals surface area contributed by atoms with Crippen LogP contribution in [-0.2, 0) is 5.33 Å². The number of anilines is 1. The standard InChI is InChI=1S/C13H18BrN3S/c1-9-4-3-5-16(10(9)2)12-11(8-14)17-6-7-18-13(17)15-12/h6-7,9-10H,3-5,8H2,1-2H3. The average Bonchev–Trinajstić information content (AvgIpc) is 2.92. The second kappa shape index (κ2) is 4.85. The van der Waals surface area contributed by atoms with Gasteiger partial charge in [-0.05, 0) is 25.7 Å². The first-order valence-corrected chi connectivity index (χ1v) is 8.49. The number of rotatable bonds is 2. The summed E-state index contributed by atoms with van der Waals surface area (Å²) < 4.78 is 2.21. The molecule has 0 amide bonds. The van der Waals surface area contributed by atoms with E-state index in [4.69, 9.17) is 4.98 Å². The van der Waals surface area contributed by atoms with E-state index in [1.807, 2.05) is 0 Å². The van der Waals surface area contributed by atoms with Crippen LogP contribution in [0.2, 0.25) is 0 Å². The van der Waals surface area contributed by atoms with Gasteiger partial charge in [-0.25, -0.2) is 4.98 Å². The van der Waals surface area contributed by atoms with Crippen molar-refractivity contribution in [1.82, 2.24) is 9.38 Å². The fraction of sp³-hybridized carbons (Fsp3) is 0.615. The van der Waals surface area contributed by atoms with Crippen molar-refractivity contribution >= 4 is 38.0 Å². The number of imidazole rings is 1. The minimum absolute atomic E-state index is 0.584. The molecule has 0 saturated carbocycles. The maximum absolute atomic E-state index is 4.83. The van der Waals surface area contributed by atoms with Crippen molar-refractivity contribution in [3.63, 3.8) is 0 Å². The molecule has 5 heteroatoms. The Bertz CT molecular complexity index is 547. The van der Waals surface area contributed by atoms with Gasteiger partial charge >= 0.3 is 0 Å². The average molecular weight is 328 g/mol. The summed E-state index contributed by atoms with van der Waals surface area (Å²) in [5.41, 5.74) is 1.28. The molecule has 2 atom stereocenters. The molecule has 3 rings (SSSR count). The van der Waals surface area contributed by atoms with E-state index in [2.05, 4.69) is 50.7 Å². The summed E-state index contributed by atoms with van der Waals surface area (Å²) in [6.07, 6.45) is 4.73. The highest BCUT2D eigenvalue weighted by Gasteiger charge is 2.28. The number of piperidine rings is 1. The molecule has 1 aliphatic rings. The van der Waals surface area contributed by atoms with Crippen LogP contribution in [0.25, 0.3) is 4.96 Å². The fourth-order valence-corrected chi connectivity index (χ4v) is 4.06. The van der Waals surface area contributed by atoms with E-state index in [1.165, 1.54) is 24.4 Å². The third-order valence-corrected chi connectivity index (χ3v) is 5.40. The molecule has 1 fully saturated rings. The SMILES string of the molecule is CC1CCCN(c2nc3sccn3c2CBr)C1C. The Morgan fingerprint density at radius 2 is 2.33 bits per heavy atom. The first kappa shape index (κ1) is 12.5. The third kappa shape index (κ3) is 1.88. The molecule has 18 heavy (non-hydrogen) atoms. The summed E-state index contributed by atoms with van der Waals surface area (Å²) in [4.78, 5) is 8.42. The summed E-state index contributed by atoms with van der Waals surface area (Å²) >= 11 is 5.32. The highest BCUT2D eigenvalue weighted by molar-refractivity contribution is 9.08. The van der Waals surface area contributed by atoms with E-state index >= 15 is 0 Å². The van der Waals surface area contributed by atoms with Crippen LogP contribution in [0, 0.1) is 5.92 Å². The lowest BCUT2D eigenvalue weighted by molar-refractivity contribution is 0.361. The monoisotopic (exact) mass is 327 g/mol. The molecule has 0 aromatic carbocycles. The minimum Gasteiger partial charge on any atom is -0.352 e. The van der Waals surface area contributed by atoms with Crippen LogP contribution in [0.4, 0.5) is 5.82 Å². The number of halogens is 1. The molecule has 0 radical (unpaired) electrons. The molecular formula is C13H18BrN3S. The van der Waals surface area contributed by atoms with E-state index < -0.39 is 0 Å². The Morgan fingerprint density at radius 1 is 1.50 bits per heavy atom. The maximum Gasteiger partial charge on any atom is 0.195 e. The van der Waals surface area contributed by atoms with Gasteiger partial charge in [0.1, 0.15) is 0 Å². The van der Waals surface area contributed by atoms with Gasteiger partial charge in [-0.3, -0.25) is 4.40 Å². The van der Waals surface area contributed by atoms with E-state index in [-0.39, 0.29) is 0 Å². The zero-order valence-corrected chi connectivity index (χ0v) is 13.2. The number of thiazole rings is 1. The third-order valence-electron chi connectivity index (χ3n) is 4.11. The fourth-order valence-electron chi connectivity index (χ4n) is 2.81. The highest BCUT2D eigenvalue weighted by atomic mass is 79.9. The van der Waals surface area contributed by atoms with Crippen molar-refractivity contribution in [1.29, 1.82) is 0 Å². The number of alkyl halides is 1. The minimum atomic E-state index is 0.584. The summed E-state index contributed by atoms with van der Waals surface area (Å²) in [7, 11) is 0. The zero-order valence-electron chi connectivity index (χ0n) is 10.8. The molecule has 98 valence electrons. The summed E-state index contributed by atoms with van der Waals surface area (Å²) in [5.74, 6) is 1.93. The van der Waals surface area contributed by atoms with Gasteiger partial charge in [-0.15, -0.1) is 11.3 Å². The molecule has 3 nitrogen and oxygen atoms in total. The first-order valence-electron chi connectivity index (χ1n) is 6.49. The van der Waals surface area contributed by atoms with Crippen LogP contribution in [-0.4, -0.2) is 22.0 Å². The van der Waals surface area contributed by atoms with Crippen molar-refractivity contribution < 1.29 is 0 Å². The van der Waals surface area contributed by atoms with Crippen LogP contribution in [0.3, 0.4) is 0 Å². The predicted octanol–water partition coefficient (Wildman–Crippen LogP) is 3.92. The van der Waals surface area contributed by atoms with Crippen molar-refractivity contribution in [2.24, 2.45) is 5.92 Å². The number of aromatic nitrogens is 2. The molecule has 0 N–H and O–H groups in total. The Kier molecular flexibility index (Phi) is 3.36. The van der Waals surface area contributed by atoms with Gasteiger partial charge in [-0.2, -0.15) is 0 Å². The summed E-state index contributed by atoms with van der Waals surface area (Å²) in [5, 5.41) is 2.96. The number of fused-ring (bicyclic) bond motifs is 1. The van der Waals surface area contributed by atoms with Crippen LogP contribution < -0.4 is 4.90 Å². The van der Waals surface area contributed by atoms with Crippen molar-refractivity contribution in [2.45, 2.75) is 38.1 Å². The van der Waals surface area contributed by atoms with Gasteiger partial charge < -0.3 is 4.90 Å². The topological polar surface area (TPSA) is 20.5 Å². The second-order valence-electron chi connectivity index (χ2n) is 5.12. The smallest absolute Gasteiger partial charge is 0.195 e. The van der Waals surface area contributed by atoms with Gasteiger partial charge in [-0.1, -0.05) is 22.9 Å². The van der Waals surface area contributed by atoms with Crippen LogP contribution in [0.15, 0.2) is 11.6 Å². The number of nitrogens with zero attached hydrogens (tertiary/aromatic N) is 3. The first-order chi connectivity index (χ1) is 8.72. The quantitative estimate of drug-likeness (QED) is 0.779. The van der Waals surface area contributed by atoms with Crippen molar-refractivity contribution in [2.75, 3.05) is 11.4 Å². The largest absolute Gasteiger partial charge is 0.352 e. The predicted molar refractivity (Wildman–Crippen MR) is 80.9 cm³/mol. The Morgan fingerprint density at radius 3 is 3.11 bits per heavy atom. The van der Waals surface area contributed by atoms with Gasteiger partial charge in [0, 0.05) is 29.5 Å². The van der Waals surface area contributed by atoms with Gasteiger partial charge in [0.05, 0.1) is 5.69 Å². The molecule has 2 aromatic heterocycles. The van der Waals surface area contributed by atoms with E-state index in [9.17, 15) is 0 Å². The van der Waals surface area contributed by atoms with Crippen LogP contribution in [0.5, 0.6) is 0 Å². The lowest BCUT2D eigenvalue weighted by Crippen LogP contribution is -2.43. The van der Waals surface area contributed by atoms with E-state index in [0.717, 1.165) is 22.8 Å². The second-order valence-corrected chi connectivity index (χ2v) is 6.56. The molecule has 0 spiro atoms. The van der Waals surface area contributed by atoms with Gasteiger partial charge in [0.2, 0.25) is 0 Å². The van der Waals surface area contributed by atoms with E-state index in [0.29, 0.717) is 6.04 Å². The van der Waals surface area contributed by atoms with E-state index in [1.54, 1.807) is 11.3 Å². The normalized spacial score (nSPS) is 24.9. The Balaban J connectivity index is 2.04. The maximum atomic E-state index is 4.83. The highest BCUT2D eigenvalue weighted by Crippen LogP contribution is 2.32. The summed E-state index contributed by atoms with van der Waals surface area (Å²) in [6, 6.07) is 0.584. The van der Waals surface area contributed by atoms with Gasteiger partial charge in [0.15, 0.2) is 10.8 Å². The molecule has 0 aliphatic carbocycles. The number of hydrogen-bond donors (Lipinski definition) is 0. The molecular weight excluding hydrogens is 310 g/mol. The van der Waals surface area contributed by atoms with Gasteiger partial charge in [0.25, 0.3) is 0 Å². The zero-order chi connectivity index (χ0) is 12.7. The van der Waals surface area contributed by atoms with Crippen LogP contribution in [0.1, 0.15) is 32.4 Å². The lowest BCUT2D eigenvalue weighted by atomic mass is 9.92. The molecule has 2 aromatic rings. The summed E-state index contributed by atoms with van der Waals surface area (Å²) in [6.45, 7) is 5.81. The van der Waals surface area contributed by atoms with Crippen LogP contribution >= 0.6 is 27.3 Å². The van der Waals surface area contributed by atoms with Crippen molar-refractivity contribution in [3.8, 4) is 0 Å². The molecule has 2 unspecified atom stereocenters. The number of hydrogen-bond acceptors (Lipinski definition) is 3. The Labute approximate surface area is 120 Å². The molecule has 1 aliphatic heterocycles. The molecule has 0 bridgehead atoms. The Hall–Kier alpha value is -0.550.